The Kier molecular flexibility index (Phi) is 7.97. The second kappa shape index (κ2) is 12.1. The van der Waals surface area contributed by atoms with E-state index in [1.807, 2.05) is 4.90 Å². The maximum absolute atomic E-state index is 14.5. The van der Waals surface area contributed by atoms with Crippen molar-refractivity contribution in [3.8, 4) is 22.5 Å². The number of benzene rings is 3. The fourth-order valence-corrected chi connectivity index (χ4v) is 6.99. The molecule has 14 heteroatoms. The Hall–Kier alpha value is -4.37. The topological polar surface area (TPSA) is 109 Å². The van der Waals surface area contributed by atoms with Crippen LogP contribution in [0.15, 0.2) is 78.0 Å². The summed E-state index contributed by atoms with van der Waals surface area (Å²) in [5.74, 6) is -3.54. The molecule has 7 rings (SSSR count). The SMILES string of the molecule is O=S(=O)(O[C@H]1CN(c2c(-c3cc(F)cc(F)c3)cncc2-c2nc3cc(F)c(F)cc3[nH]2)CC[C@H]1NC1COC1)c1ccccc1. The van der Waals surface area contributed by atoms with E-state index in [4.69, 9.17) is 8.92 Å². The summed E-state index contributed by atoms with van der Waals surface area (Å²) in [7, 11) is -4.18. The highest BCUT2D eigenvalue weighted by Crippen LogP contribution is 2.41. The molecule has 2 aromatic heterocycles. The molecule has 9 nitrogen and oxygen atoms in total. The van der Waals surface area contributed by atoms with Gasteiger partial charge in [0.2, 0.25) is 0 Å². The van der Waals surface area contributed by atoms with E-state index in [1.54, 1.807) is 18.2 Å². The largest absolute Gasteiger partial charge is 0.378 e. The molecule has 2 fully saturated rings. The third kappa shape index (κ3) is 5.96. The Morgan fingerprint density at radius 3 is 2.37 bits per heavy atom. The lowest BCUT2D eigenvalue weighted by Gasteiger charge is -2.43. The van der Waals surface area contributed by atoms with Gasteiger partial charge in [-0.2, -0.15) is 8.42 Å². The molecule has 2 aliphatic heterocycles. The van der Waals surface area contributed by atoms with Gasteiger partial charge in [0.15, 0.2) is 11.6 Å². The Morgan fingerprint density at radius 2 is 1.65 bits per heavy atom. The zero-order valence-electron chi connectivity index (χ0n) is 24.1. The Bertz CT molecular complexity index is 1970. The van der Waals surface area contributed by atoms with Gasteiger partial charge in [-0.3, -0.25) is 9.17 Å². The molecule has 46 heavy (non-hydrogen) atoms. The van der Waals surface area contributed by atoms with E-state index in [9.17, 15) is 26.0 Å². The number of imidazole rings is 1. The normalized spacial score (nSPS) is 19.0. The molecule has 2 atom stereocenters. The van der Waals surface area contributed by atoms with Crippen LogP contribution < -0.4 is 10.2 Å². The molecule has 0 unspecified atom stereocenters. The van der Waals surface area contributed by atoms with Crippen molar-refractivity contribution >= 4 is 26.8 Å². The molecule has 0 bridgehead atoms. The second-order valence-electron chi connectivity index (χ2n) is 11.3. The highest BCUT2D eigenvalue weighted by atomic mass is 32.2. The van der Waals surface area contributed by atoms with Gasteiger partial charge in [0.1, 0.15) is 23.6 Å². The first-order valence-corrected chi connectivity index (χ1v) is 15.9. The third-order valence-corrected chi connectivity index (χ3v) is 9.47. The van der Waals surface area contributed by atoms with Crippen LogP contribution in [-0.2, 0) is 19.0 Å². The van der Waals surface area contributed by atoms with E-state index in [1.165, 1.54) is 24.5 Å². The lowest BCUT2D eigenvalue weighted by Crippen LogP contribution is -2.60. The molecule has 3 aromatic carbocycles. The lowest BCUT2D eigenvalue weighted by atomic mass is 9.96. The minimum atomic E-state index is -4.18. The molecule has 2 saturated heterocycles. The molecular formula is C32H27F4N5O4S. The number of piperidine rings is 1. The van der Waals surface area contributed by atoms with Crippen molar-refractivity contribution in [2.75, 3.05) is 31.2 Å². The predicted molar refractivity (Wildman–Crippen MR) is 161 cm³/mol. The molecule has 0 amide bonds. The molecule has 4 heterocycles. The van der Waals surface area contributed by atoms with Crippen molar-refractivity contribution in [2.24, 2.45) is 0 Å². The Labute approximate surface area is 261 Å². The predicted octanol–water partition coefficient (Wildman–Crippen LogP) is 5.19. The lowest BCUT2D eigenvalue weighted by molar-refractivity contribution is -0.0189. The van der Waals surface area contributed by atoms with Crippen LogP contribution in [0.5, 0.6) is 0 Å². The van der Waals surface area contributed by atoms with Crippen molar-refractivity contribution in [1.82, 2.24) is 20.3 Å². The van der Waals surface area contributed by atoms with Crippen LogP contribution in [0, 0.1) is 23.3 Å². The monoisotopic (exact) mass is 653 g/mol. The maximum Gasteiger partial charge on any atom is 0.297 e. The van der Waals surface area contributed by atoms with Crippen LogP contribution in [0.1, 0.15) is 6.42 Å². The molecule has 5 aromatic rings. The molecule has 0 radical (unpaired) electrons. The first-order chi connectivity index (χ1) is 22.1. The maximum atomic E-state index is 14.5. The quantitative estimate of drug-likeness (QED) is 0.174. The van der Waals surface area contributed by atoms with Crippen LogP contribution in [0.25, 0.3) is 33.5 Å². The van der Waals surface area contributed by atoms with E-state index < -0.39 is 39.5 Å². The number of fused-ring (bicyclic) bond motifs is 1. The van der Waals surface area contributed by atoms with Gasteiger partial charge in [-0.1, -0.05) is 18.2 Å². The number of rotatable bonds is 8. The first-order valence-electron chi connectivity index (χ1n) is 14.5. The zero-order valence-corrected chi connectivity index (χ0v) is 24.9. The third-order valence-electron chi connectivity index (χ3n) is 8.12. The fraction of sp³-hybridized carbons (Fsp3) is 0.250. The van der Waals surface area contributed by atoms with Crippen LogP contribution >= 0.6 is 0 Å². The van der Waals surface area contributed by atoms with E-state index in [-0.39, 0.29) is 45.9 Å². The van der Waals surface area contributed by atoms with Gasteiger partial charge < -0.3 is 19.9 Å². The molecule has 0 aliphatic carbocycles. The summed E-state index contributed by atoms with van der Waals surface area (Å²) >= 11 is 0. The van der Waals surface area contributed by atoms with Crippen molar-refractivity contribution in [2.45, 2.75) is 29.5 Å². The average molecular weight is 654 g/mol. The summed E-state index contributed by atoms with van der Waals surface area (Å²) < 4.78 is 95.1. The summed E-state index contributed by atoms with van der Waals surface area (Å²) in [6, 6.07) is 12.5. The van der Waals surface area contributed by atoms with Gasteiger partial charge in [-0.15, -0.1) is 0 Å². The number of hydrogen-bond acceptors (Lipinski definition) is 8. The number of nitrogens with one attached hydrogen (secondary N) is 2. The summed E-state index contributed by atoms with van der Waals surface area (Å²) in [4.78, 5) is 13.6. The van der Waals surface area contributed by atoms with Gasteiger partial charge in [0.05, 0.1) is 46.4 Å². The first kappa shape index (κ1) is 30.3. The minimum absolute atomic E-state index is 0.000108. The van der Waals surface area contributed by atoms with Crippen LogP contribution in [0.4, 0.5) is 23.2 Å². The van der Waals surface area contributed by atoms with Crippen molar-refractivity contribution in [3.05, 3.63) is 96.3 Å². The van der Waals surface area contributed by atoms with Crippen LogP contribution in [-0.4, -0.2) is 67.9 Å². The number of nitrogens with zero attached hydrogens (tertiary/aromatic N) is 3. The summed E-state index contributed by atoms with van der Waals surface area (Å²) in [5.41, 5.74) is 1.68. The number of pyridine rings is 1. The summed E-state index contributed by atoms with van der Waals surface area (Å²) in [6.07, 6.45) is 2.46. The zero-order chi connectivity index (χ0) is 32.0. The van der Waals surface area contributed by atoms with Crippen molar-refractivity contribution in [1.29, 1.82) is 0 Å². The molecule has 0 spiro atoms. The minimum Gasteiger partial charge on any atom is -0.378 e. The highest BCUT2D eigenvalue weighted by Gasteiger charge is 2.38. The number of halogens is 4. The van der Waals surface area contributed by atoms with Crippen molar-refractivity contribution in [3.63, 3.8) is 0 Å². The van der Waals surface area contributed by atoms with Crippen LogP contribution in [0.2, 0.25) is 0 Å². The Morgan fingerprint density at radius 1 is 0.935 bits per heavy atom. The smallest absolute Gasteiger partial charge is 0.297 e. The molecule has 0 saturated carbocycles. The Balaban J connectivity index is 1.33. The number of ether oxygens (including phenoxy) is 1. The van der Waals surface area contributed by atoms with E-state index in [0.717, 1.165) is 30.3 Å². The standard InChI is InChI=1S/C32H27F4N5O4S/c33-19-8-18(9-20(34)10-19)23-13-37-14-24(32-39-28-11-25(35)26(36)12-29(28)40-32)31(23)41-7-6-27(38-21-16-44-17-21)30(15-41)45-46(42,43)22-4-2-1-3-5-22/h1-5,8-14,21,27,30,38H,6-7,15-17H2,(H,39,40)/t27-,30+/m1/s1. The molecule has 2 aliphatic rings. The number of H-pyrrole nitrogens is 1. The summed E-state index contributed by atoms with van der Waals surface area (Å²) in [6.45, 7) is 1.38. The number of aromatic amines is 1. The fourth-order valence-electron chi connectivity index (χ4n) is 5.87. The van der Waals surface area contributed by atoms with E-state index in [0.29, 0.717) is 43.0 Å². The number of hydrogen-bond donors (Lipinski definition) is 2. The highest BCUT2D eigenvalue weighted by molar-refractivity contribution is 7.86. The second-order valence-corrected chi connectivity index (χ2v) is 12.8. The van der Waals surface area contributed by atoms with E-state index in [2.05, 4.69) is 20.3 Å². The molecule has 2 N–H and O–H groups in total. The van der Waals surface area contributed by atoms with Crippen molar-refractivity contribution < 1.29 is 34.9 Å². The van der Waals surface area contributed by atoms with E-state index >= 15 is 0 Å². The molecule has 238 valence electrons. The number of aromatic nitrogens is 3. The van der Waals surface area contributed by atoms with Gasteiger partial charge >= 0.3 is 0 Å². The van der Waals surface area contributed by atoms with Gasteiger partial charge in [0, 0.05) is 55.3 Å². The van der Waals surface area contributed by atoms with Crippen LogP contribution in [0.3, 0.4) is 0 Å². The molecular weight excluding hydrogens is 626 g/mol. The average Bonchev–Trinajstić information content (AvgIpc) is 3.41. The van der Waals surface area contributed by atoms with Gasteiger partial charge in [-0.05, 0) is 36.2 Å². The van der Waals surface area contributed by atoms with Gasteiger partial charge in [-0.25, -0.2) is 22.5 Å². The number of anilines is 1. The van der Waals surface area contributed by atoms with Gasteiger partial charge in [0.25, 0.3) is 10.1 Å². The summed E-state index contributed by atoms with van der Waals surface area (Å²) in [5, 5.41) is 3.45.